The van der Waals surface area contributed by atoms with Gasteiger partial charge >= 0.3 is 5.97 Å². The summed E-state index contributed by atoms with van der Waals surface area (Å²) in [5.41, 5.74) is 0. The van der Waals surface area contributed by atoms with E-state index in [1.54, 1.807) is 0 Å². The van der Waals surface area contributed by atoms with Gasteiger partial charge in [-0.3, -0.25) is 4.79 Å². The van der Waals surface area contributed by atoms with Crippen LogP contribution in [0.2, 0.25) is 0 Å². The van der Waals surface area contributed by atoms with Crippen molar-refractivity contribution < 1.29 is 9.53 Å². The van der Waals surface area contributed by atoms with Crippen LogP contribution >= 0.6 is 0 Å². The smallest absolute Gasteiger partial charge is 0.305 e. The molecule has 3 nitrogen and oxygen atoms in total. The zero-order chi connectivity index (χ0) is 34.1. The van der Waals surface area contributed by atoms with E-state index in [1.807, 2.05) is 0 Å². The zero-order valence-corrected chi connectivity index (χ0v) is 32.5. The minimum Gasteiger partial charge on any atom is -0.465 e. The first-order valence-electron chi connectivity index (χ1n) is 20.4. The van der Waals surface area contributed by atoms with Crippen LogP contribution in [0.15, 0.2) is 24.3 Å². The first-order valence-corrected chi connectivity index (χ1v) is 20.4. The highest BCUT2D eigenvalue weighted by molar-refractivity contribution is 5.69. The molecule has 0 aliphatic heterocycles. The summed E-state index contributed by atoms with van der Waals surface area (Å²) in [4.78, 5) is 14.6. The standard InChI is InChI=1S/C43H83NO2/c1-8-9-10-11-12-13-14-15-16-17-18-19-20-21-22-25-28-31-41(36-37-44(6)7)32-29-26-23-24-27-30-33-43(45)46-38-42(40(4)5)35-34-39(2)3/h12-13,15-16,39-42H,8-11,14,17-38H2,1-7H3/b13-12-,16-15-. The van der Waals surface area contributed by atoms with E-state index < -0.39 is 0 Å². The summed E-state index contributed by atoms with van der Waals surface area (Å²) in [6.45, 7) is 13.1. The number of allylic oxidation sites excluding steroid dienone is 4. The van der Waals surface area contributed by atoms with Gasteiger partial charge in [0.15, 0.2) is 0 Å². The van der Waals surface area contributed by atoms with Crippen LogP contribution in [-0.2, 0) is 9.53 Å². The molecule has 272 valence electrons. The van der Waals surface area contributed by atoms with E-state index in [9.17, 15) is 4.79 Å². The normalized spacial score (nSPS) is 13.6. The maximum Gasteiger partial charge on any atom is 0.305 e. The second-order valence-corrected chi connectivity index (χ2v) is 15.5. The summed E-state index contributed by atoms with van der Waals surface area (Å²) in [6, 6.07) is 0. The van der Waals surface area contributed by atoms with Crippen LogP contribution in [-0.4, -0.2) is 38.1 Å². The van der Waals surface area contributed by atoms with E-state index in [0.717, 1.165) is 31.6 Å². The quantitative estimate of drug-likeness (QED) is 0.0396. The topological polar surface area (TPSA) is 29.5 Å². The second kappa shape index (κ2) is 33.8. The third-order valence-electron chi connectivity index (χ3n) is 9.81. The van der Waals surface area contributed by atoms with E-state index in [1.165, 1.54) is 135 Å². The van der Waals surface area contributed by atoms with Crippen LogP contribution in [0.4, 0.5) is 0 Å². The van der Waals surface area contributed by atoms with Crippen molar-refractivity contribution >= 4 is 5.97 Å². The summed E-state index contributed by atoms with van der Waals surface area (Å²) in [5.74, 6) is 2.69. The Balaban J connectivity index is 3.84. The van der Waals surface area contributed by atoms with Crippen LogP contribution in [0.1, 0.15) is 195 Å². The van der Waals surface area contributed by atoms with Gasteiger partial charge in [0.1, 0.15) is 0 Å². The minimum absolute atomic E-state index is 0.0127. The third-order valence-corrected chi connectivity index (χ3v) is 9.81. The van der Waals surface area contributed by atoms with Gasteiger partial charge in [-0.2, -0.15) is 0 Å². The predicted octanol–water partition coefficient (Wildman–Crippen LogP) is 13.5. The molecule has 0 aromatic rings. The maximum atomic E-state index is 12.3. The van der Waals surface area contributed by atoms with Crippen molar-refractivity contribution in [3.05, 3.63) is 24.3 Å². The number of carbonyl (C=O) groups excluding carboxylic acids is 1. The molecule has 2 atom stereocenters. The number of carbonyl (C=O) groups is 1. The van der Waals surface area contributed by atoms with Crippen molar-refractivity contribution in [2.75, 3.05) is 27.2 Å². The van der Waals surface area contributed by atoms with Gasteiger partial charge in [0.05, 0.1) is 6.61 Å². The first-order chi connectivity index (χ1) is 22.3. The van der Waals surface area contributed by atoms with Crippen molar-refractivity contribution in [3.63, 3.8) is 0 Å². The van der Waals surface area contributed by atoms with E-state index in [4.69, 9.17) is 4.74 Å². The van der Waals surface area contributed by atoms with Gasteiger partial charge in [-0.05, 0) is 95.7 Å². The average Bonchev–Trinajstić information content (AvgIpc) is 3.01. The number of unbranched alkanes of at least 4 members (excludes halogenated alkanes) is 15. The fourth-order valence-corrected chi connectivity index (χ4v) is 6.31. The van der Waals surface area contributed by atoms with Crippen LogP contribution in [0.25, 0.3) is 0 Å². The Morgan fingerprint density at radius 3 is 1.65 bits per heavy atom. The maximum absolute atomic E-state index is 12.3. The van der Waals surface area contributed by atoms with Gasteiger partial charge in [-0.15, -0.1) is 0 Å². The minimum atomic E-state index is 0.0127. The Kier molecular flexibility index (Phi) is 33.0. The molecule has 0 amide bonds. The summed E-state index contributed by atoms with van der Waals surface area (Å²) in [7, 11) is 4.43. The van der Waals surface area contributed by atoms with Crippen molar-refractivity contribution in [2.45, 2.75) is 195 Å². The SMILES string of the molecule is CCCCC/C=C\C/C=C\CCCCCCCCCC(CCCCCCCCC(=O)OCC(CCC(C)C)C(C)C)CCN(C)C. The predicted molar refractivity (Wildman–Crippen MR) is 206 cm³/mol. The highest BCUT2D eigenvalue weighted by atomic mass is 16.5. The van der Waals surface area contributed by atoms with Gasteiger partial charge < -0.3 is 9.64 Å². The molecular weight excluding hydrogens is 562 g/mol. The molecule has 0 saturated carbocycles. The molecule has 0 N–H and O–H groups in total. The molecule has 0 fully saturated rings. The number of hydrogen-bond acceptors (Lipinski definition) is 3. The largest absolute Gasteiger partial charge is 0.465 e. The summed E-state index contributed by atoms with van der Waals surface area (Å²) in [6.07, 6.45) is 41.5. The molecule has 46 heavy (non-hydrogen) atoms. The molecule has 0 saturated heterocycles. The molecule has 0 rings (SSSR count). The lowest BCUT2D eigenvalue weighted by Gasteiger charge is -2.21. The van der Waals surface area contributed by atoms with Crippen molar-refractivity contribution in [1.29, 1.82) is 0 Å². The zero-order valence-electron chi connectivity index (χ0n) is 32.5. The lowest BCUT2D eigenvalue weighted by molar-refractivity contribution is -0.145. The molecule has 0 aromatic heterocycles. The molecule has 0 spiro atoms. The molecule has 0 heterocycles. The van der Waals surface area contributed by atoms with E-state index in [2.05, 4.69) is 77.9 Å². The molecule has 2 unspecified atom stereocenters. The first kappa shape index (κ1) is 44.9. The van der Waals surface area contributed by atoms with Crippen LogP contribution in [0.5, 0.6) is 0 Å². The Morgan fingerprint density at radius 2 is 1.13 bits per heavy atom. The van der Waals surface area contributed by atoms with E-state index in [0.29, 0.717) is 30.8 Å². The average molecular weight is 646 g/mol. The fraction of sp³-hybridized carbons (Fsp3) is 0.884. The number of ether oxygens (including phenoxy) is 1. The van der Waals surface area contributed by atoms with Gasteiger partial charge in [-0.1, -0.05) is 162 Å². The molecule has 0 radical (unpaired) electrons. The Hall–Kier alpha value is -1.09. The molecular formula is C43H83NO2. The number of hydrogen-bond donors (Lipinski definition) is 0. The molecule has 0 bridgehead atoms. The lowest BCUT2D eigenvalue weighted by Crippen LogP contribution is -2.19. The van der Waals surface area contributed by atoms with Gasteiger partial charge in [-0.25, -0.2) is 0 Å². The van der Waals surface area contributed by atoms with E-state index in [-0.39, 0.29) is 5.97 Å². The Morgan fingerprint density at radius 1 is 0.609 bits per heavy atom. The van der Waals surface area contributed by atoms with Crippen LogP contribution < -0.4 is 0 Å². The Labute approximate surface area is 290 Å². The highest BCUT2D eigenvalue weighted by Gasteiger charge is 2.16. The number of nitrogens with zero attached hydrogens (tertiary/aromatic N) is 1. The van der Waals surface area contributed by atoms with Gasteiger partial charge in [0, 0.05) is 6.42 Å². The highest BCUT2D eigenvalue weighted by Crippen LogP contribution is 2.23. The van der Waals surface area contributed by atoms with Crippen LogP contribution in [0, 0.1) is 23.7 Å². The third kappa shape index (κ3) is 32.8. The fourth-order valence-electron chi connectivity index (χ4n) is 6.31. The van der Waals surface area contributed by atoms with Crippen molar-refractivity contribution in [1.82, 2.24) is 4.90 Å². The second-order valence-electron chi connectivity index (χ2n) is 15.5. The summed E-state index contributed by atoms with van der Waals surface area (Å²) < 4.78 is 5.66. The summed E-state index contributed by atoms with van der Waals surface area (Å²) >= 11 is 0. The monoisotopic (exact) mass is 646 g/mol. The number of esters is 1. The van der Waals surface area contributed by atoms with E-state index >= 15 is 0 Å². The van der Waals surface area contributed by atoms with Crippen molar-refractivity contribution in [2.24, 2.45) is 23.7 Å². The van der Waals surface area contributed by atoms with Crippen LogP contribution in [0.3, 0.4) is 0 Å². The number of rotatable bonds is 34. The van der Waals surface area contributed by atoms with Gasteiger partial charge in [0.2, 0.25) is 0 Å². The summed E-state index contributed by atoms with van der Waals surface area (Å²) in [5, 5.41) is 0. The molecule has 3 heteroatoms. The molecule has 0 aliphatic rings. The molecule has 0 aromatic carbocycles. The van der Waals surface area contributed by atoms with Crippen molar-refractivity contribution in [3.8, 4) is 0 Å². The lowest BCUT2D eigenvalue weighted by atomic mass is 9.89. The Bertz CT molecular complexity index is 695. The van der Waals surface area contributed by atoms with Gasteiger partial charge in [0.25, 0.3) is 0 Å². The molecule has 0 aliphatic carbocycles.